The number of benzene rings is 1. The van der Waals surface area contributed by atoms with Gasteiger partial charge in [0.1, 0.15) is 23.5 Å². The average molecular weight is 377 g/mol. The van der Waals surface area contributed by atoms with Gasteiger partial charge in [-0.1, -0.05) is 0 Å². The summed E-state index contributed by atoms with van der Waals surface area (Å²) in [4.78, 5) is 16.0. The van der Waals surface area contributed by atoms with Gasteiger partial charge in [0.25, 0.3) is 5.91 Å². The number of nitrogen functional groups attached to an aromatic ring is 1. The van der Waals surface area contributed by atoms with Gasteiger partial charge in [0.15, 0.2) is 23.3 Å². The summed E-state index contributed by atoms with van der Waals surface area (Å²) >= 11 is 0.812. The second-order valence-electron chi connectivity index (χ2n) is 3.96. The molecule has 12 heteroatoms. The van der Waals surface area contributed by atoms with Gasteiger partial charge in [0.05, 0.1) is 7.11 Å². The van der Waals surface area contributed by atoms with Crippen molar-refractivity contribution in [3.8, 4) is 0 Å². The number of likely N-dealkylation sites (N-methyl/N-ethyl adjacent to an activating group) is 1. The Hall–Kier alpha value is -1.21. The van der Waals surface area contributed by atoms with E-state index in [1.54, 1.807) is 7.05 Å². The van der Waals surface area contributed by atoms with E-state index in [4.69, 9.17) is 5.73 Å². The lowest BCUT2D eigenvalue weighted by molar-refractivity contribution is -0.163. The van der Waals surface area contributed by atoms with Crippen LogP contribution >= 0.6 is 25.7 Å². The van der Waals surface area contributed by atoms with Gasteiger partial charge in [0, 0.05) is 13.1 Å². The first kappa shape index (κ1) is 21.8. The minimum Gasteiger partial charge on any atom is -0.394 e. The van der Waals surface area contributed by atoms with Crippen LogP contribution in [0.5, 0.6) is 0 Å². The molecule has 1 rings (SSSR count). The Balaban J connectivity index is 0.00000484. The van der Waals surface area contributed by atoms with Crippen LogP contribution in [0, 0.1) is 23.3 Å². The number of hydrogen-bond acceptors (Lipinski definition) is 6. The highest BCUT2D eigenvalue weighted by Crippen LogP contribution is 2.25. The first-order chi connectivity index (χ1) is 10.3. The van der Waals surface area contributed by atoms with Crippen molar-refractivity contribution < 1.29 is 31.6 Å². The molecule has 0 unspecified atom stereocenters. The van der Waals surface area contributed by atoms with Crippen LogP contribution in [0.2, 0.25) is 0 Å². The van der Waals surface area contributed by atoms with Crippen molar-refractivity contribution in [2.75, 3.05) is 33.0 Å². The minimum absolute atomic E-state index is 0. The monoisotopic (exact) mass is 377 g/mol. The van der Waals surface area contributed by atoms with Crippen molar-refractivity contribution in [3.05, 3.63) is 28.8 Å². The molecule has 1 amide bonds. The molecule has 0 fully saturated rings. The highest BCUT2D eigenvalue weighted by Gasteiger charge is 2.28. The molecule has 0 aliphatic rings. The molecule has 0 aromatic heterocycles. The largest absolute Gasteiger partial charge is 0.394 e. The SMILES string of the molecule is COOSN(C)CCNC(=O)c1c(F)c(F)c(N)c(F)c1F.S. The second kappa shape index (κ2) is 9.82. The van der Waals surface area contributed by atoms with E-state index < -0.39 is 40.4 Å². The van der Waals surface area contributed by atoms with Gasteiger partial charge >= 0.3 is 0 Å². The zero-order chi connectivity index (χ0) is 16.9. The molecule has 0 saturated carbocycles. The Morgan fingerprint density at radius 1 is 1.22 bits per heavy atom. The number of anilines is 1. The van der Waals surface area contributed by atoms with Crippen molar-refractivity contribution in [2.45, 2.75) is 0 Å². The number of nitrogens with one attached hydrogen (secondary N) is 1. The Morgan fingerprint density at radius 2 is 1.74 bits per heavy atom. The van der Waals surface area contributed by atoms with E-state index in [1.165, 1.54) is 11.4 Å². The Kier molecular flexibility index (Phi) is 9.31. The number of carbonyl (C=O) groups is 1. The second-order valence-corrected chi connectivity index (χ2v) is 4.87. The average Bonchev–Trinajstić information content (AvgIpc) is 2.49. The molecule has 23 heavy (non-hydrogen) atoms. The van der Waals surface area contributed by atoms with E-state index in [1.807, 2.05) is 0 Å². The summed E-state index contributed by atoms with van der Waals surface area (Å²) in [7, 11) is 2.87. The van der Waals surface area contributed by atoms with Crippen LogP contribution in [0.1, 0.15) is 10.4 Å². The van der Waals surface area contributed by atoms with E-state index in [-0.39, 0.29) is 26.6 Å². The molecule has 0 radical (unpaired) electrons. The van der Waals surface area contributed by atoms with Gasteiger partial charge in [-0.25, -0.2) is 26.8 Å². The zero-order valence-corrected chi connectivity index (χ0v) is 13.9. The third-order valence-corrected chi connectivity index (χ3v) is 3.10. The van der Waals surface area contributed by atoms with Gasteiger partial charge in [-0.15, -0.1) is 4.33 Å². The smallest absolute Gasteiger partial charge is 0.257 e. The highest BCUT2D eigenvalue weighted by atomic mass is 32.2. The number of hydrogen-bond donors (Lipinski definition) is 2. The summed E-state index contributed by atoms with van der Waals surface area (Å²) in [6.07, 6.45) is 0. The number of rotatable bonds is 7. The van der Waals surface area contributed by atoms with Gasteiger partial charge in [-0.05, 0) is 7.05 Å². The van der Waals surface area contributed by atoms with Gasteiger partial charge < -0.3 is 11.1 Å². The molecule has 0 atom stereocenters. The van der Waals surface area contributed by atoms with Crippen LogP contribution in [0.3, 0.4) is 0 Å². The van der Waals surface area contributed by atoms with E-state index in [2.05, 4.69) is 14.5 Å². The number of nitrogens with zero attached hydrogens (tertiary/aromatic N) is 1. The van der Waals surface area contributed by atoms with Crippen LogP contribution in [0.4, 0.5) is 23.2 Å². The molecule has 0 saturated heterocycles. The summed E-state index contributed by atoms with van der Waals surface area (Å²) in [6.45, 7) is 0.130. The van der Waals surface area contributed by atoms with Crippen molar-refractivity contribution in [1.82, 2.24) is 9.62 Å². The summed E-state index contributed by atoms with van der Waals surface area (Å²) < 4.78 is 59.6. The van der Waals surface area contributed by atoms with E-state index in [9.17, 15) is 22.4 Å². The third-order valence-electron chi connectivity index (χ3n) is 2.46. The number of halogens is 4. The molecule has 0 aliphatic carbocycles. The third kappa shape index (κ3) is 5.42. The minimum atomic E-state index is -1.85. The number of amides is 1. The fourth-order valence-corrected chi connectivity index (χ4v) is 1.71. The van der Waals surface area contributed by atoms with Gasteiger partial charge in [0.2, 0.25) is 0 Å². The Morgan fingerprint density at radius 3 is 2.22 bits per heavy atom. The van der Waals surface area contributed by atoms with Gasteiger partial charge in [-0.3, -0.25) is 4.79 Å². The molecule has 3 N–H and O–H groups in total. The first-order valence-corrected chi connectivity index (χ1v) is 6.49. The normalized spacial score (nSPS) is 10.6. The molecular weight excluding hydrogens is 362 g/mol. The summed E-state index contributed by atoms with van der Waals surface area (Å²) in [5.74, 6) is -8.63. The van der Waals surface area contributed by atoms with Crippen LogP contribution in [-0.2, 0) is 9.22 Å². The molecule has 6 nitrogen and oxygen atoms in total. The predicted octanol–water partition coefficient (Wildman–Crippen LogP) is 1.74. The summed E-state index contributed by atoms with van der Waals surface area (Å²) in [6, 6.07) is 0. The molecule has 0 aliphatic heterocycles. The summed E-state index contributed by atoms with van der Waals surface area (Å²) in [5.41, 5.74) is 2.15. The molecule has 0 spiro atoms. The zero-order valence-electron chi connectivity index (χ0n) is 12.1. The maximum absolute atomic E-state index is 13.5. The quantitative estimate of drug-likeness (QED) is 0.143. The predicted molar refractivity (Wildman–Crippen MR) is 81.7 cm³/mol. The van der Waals surface area contributed by atoms with Gasteiger partial charge in [-0.2, -0.15) is 13.5 Å². The number of carbonyl (C=O) groups excluding carboxylic acids is 1. The lowest BCUT2D eigenvalue weighted by Crippen LogP contribution is -2.32. The Bertz CT molecular complexity index is 537. The topological polar surface area (TPSA) is 76.8 Å². The lowest BCUT2D eigenvalue weighted by Gasteiger charge is -2.14. The van der Waals surface area contributed by atoms with E-state index >= 15 is 0 Å². The van der Waals surface area contributed by atoms with Crippen molar-refractivity contribution in [3.63, 3.8) is 0 Å². The van der Waals surface area contributed by atoms with Crippen LogP contribution < -0.4 is 11.1 Å². The first-order valence-electron chi connectivity index (χ1n) is 5.79. The van der Waals surface area contributed by atoms with E-state index in [0.29, 0.717) is 0 Å². The fourth-order valence-electron chi connectivity index (χ4n) is 1.38. The molecule has 0 heterocycles. The van der Waals surface area contributed by atoms with Crippen LogP contribution in [-0.4, -0.2) is 37.5 Å². The molecule has 0 bridgehead atoms. The molecule has 1 aromatic rings. The highest BCUT2D eigenvalue weighted by molar-refractivity contribution is 7.92. The maximum Gasteiger partial charge on any atom is 0.257 e. The fraction of sp³-hybridized carbons (Fsp3) is 0.364. The molecule has 132 valence electrons. The van der Waals surface area contributed by atoms with Crippen molar-refractivity contribution in [1.29, 1.82) is 0 Å². The van der Waals surface area contributed by atoms with E-state index in [0.717, 1.165) is 12.2 Å². The number of nitrogens with two attached hydrogens (primary N) is 1. The standard InChI is InChI=1S/C11H13F4N3O3S.H2S/c1-18(22-21-20-2)4-3-17-11(19)5-6(12)8(14)10(16)9(15)7(5)13;/h3-4,16H2,1-2H3,(H,17,19);1H2. The molecular formula is C11H15F4N3O3S2. The lowest BCUT2D eigenvalue weighted by atomic mass is 10.1. The molecule has 1 aromatic carbocycles. The van der Waals surface area contributed by atoms with Crippen molar-refractivity contribution >= 4 is 37.3 Å². The van der Waals surface area contributed by atoms with Crippen molar-refractivity contribution in [2.24, 2.45) is 0 Å². The Labute approximate surface area is 141 Å². The maximum atomic E-state index is 13.5. The summed E-state index contributed by atoms with van der Waals surface area (Å²) in [5, 5.41) is 2.12. The van der Waals surface area contributed by atoms with Crippen LogP contribution in [0.15, 0.2) is 0 Å². The van der Waals surface area contributed by atoms with Crippen LogP contribution in [0.25, 0.3) is 0 Å².